The second-order valence-electron chi connectivity index (χ2n) is 5.19. The first-order chi connectivity index (χ1) is 9.74. The van der Waals surface area contributed by atoms with Gasteiger partial charge in [-0.2, -0.15) is 0 Å². The summed E-state index contributed by atoms with van der Waals surface area (Å²) in [7, 11) is 0. The molecule has 0 atom stereocenters. The third-order valence-corrected chi connectivity index (χ3v) is 3.78. The molecule has 0 saturated carbocycles. The molecule has 20 heavy (non-hydrogen) atoms. The maximum absolute atomic E-state index is 5.79. The van der Waals surface area contributed by atoms with E-state index in [-0.39, 0.29) is 0 Å². The minimum absolute atomic E-state index is 0.653. The van der Waals surface area contributed by atoms with E-state index in [1.165, 1.54) is 4.88 Å². The monoisotopic (exact) mass is 290 g/mol. The Morgan fingerprint density at radius 3 is 3.00 bits per heavy atom. The van der Waals surface area contributed by atoms with E-state index in [0.717, 1.165) is 31.0 Å². The molecule has 2 rings (SSSR count). The highest BCUT2D eigenvalue weighted by Crippen LogP contribution is 2.13. The molecule has 0 saturated heterocycles. The summed E-state index contributed by atoms with van der Waals surface area (Å²) < 4.78 is 5.79. The molecular formula is C16H22N2OS. The average molecular weight is 290 g/mol. The van der Waals surface area contributed by atoms with Crippen LogP contribution in [0.5, 0.6) is 5.75 Å². The van der Waals surface area contributed by atoms with Crippen LogP contribution in [0.15, 0.2) is 35.8 Å². The number of aromatic nitrogens is 1. The summed E-state index contributed by atoms with van der Waals surface area (Å²) in [5, 5.41) is 5.49. The van der Waals surface area contributed by atoms with Crippen molar-refractivity contribution in [1.29, 1.82) is 0 Å². The molecule has 0 aliphatic rings. The molecule has 4 heteroatoms. The molecule has 0 radical (unpaired) electrons. The topological polar surface area (TPSA) is 34.1 Å². The quantitative estimate of drug-likeness (QED) is 0.808. The van der Waals surface area contributed by atoms with E-state index in [1.807, 2.05) is 18.3 Å². The minimum Gasteiger partial charge on any atom is -0.493 e. The average Bonchev–Trinajstić information content (AvgIpc) is 2.92. The summed E-state index contributed by atoms with van der Waals surface area (Å²) in [4.78, 5) is 5.71. The molecule has 0 aliphatic heterocycles. The first kappa shape index (κ1) is 15.0. The zero-order chi connectivity index (χ0) is 14.2. The standard InChI is InChI=1S/C16H22N2OS/c1-13(2)11-17-12-14-10-15(5-7-18-14)19-8-6-16-4-3-9-20-16/h3-5,7,9-10,13,17H,6,8,11-12H2,1-2H3. The fourth-order valence-electron chi connectivity index (χ4n) is 1.86. The molecule has 0 bridgehead atoms. The van der Waals surface area contributed by atoms with E-state index in [0.29, 0.717) is 12.5 Å². The van der Waals surface area contributed by atoms with Crippen molar-refractivity contribution in [3.63, 3.8) is 0 Å². The molecule has 0 aromatic carbocycles. The van der Waals surface area contributed by atoms with Gasteiger partial charge in [0.1, 0.15) is 5.75 Å². The van der Waals surface area contributed by atoms with Crippen molar-refractivity contribution in [3.05, 3.63) is 46.4 Å². The van der Waals surface area contributed by atoms with Crippen molar-refractivity contribution >= 4 is 11.3 Å². The van der Waals surface area contributed by atoms with Gasteiger partial charge < -0.3 is 10.1 Å². The fraction of sp³-hybridized carbons (Fsp3) is 0.438. The minimum atomic E-state index is 0.653. The van der Waals surface area contributed by atoms with Crippen molar-refractivity contribution in [2.75, 3.05) is 13.2 Å². The summed E-state index contributed by atoms with van der Waals surface area (Å²) in [5.74, 6) is 1.55. The maximum atomic E-state index is 5.79. The highest BCUT2D eigenvalue weighted by Gasteiger charge is 2.00. The molecule has 0 aliphatic carbocycles. The predicted octanol–water partition coefficient (Wildman–Crippen LogP) is 3.51. The highest BCUT2D eigenvalue weighted by atomic mass is 32.1. The first-order valence-corrected chi connectivity index (χ1v) is 7.93. The molecule has 0 spiro atoms. The summed E-state index contributed by atoms with van der Waals surface area (Å²) in [6, 6.07) is 8.15. The lowest BCUT2D eigenvalue weighted by Gasteiger charge is -2.09. The van der Waals surface area contributed by atoms with E-state index >= 15 is 0 Å². The van der Waals surface area contributed by atoms with E-state index in [1.54, 1.807) is 11.3 Å². The van der Waals surface area contributed by atoms with Crippen LogP contribution in [0.4, 0.5) is 0 Å². The number of nitrogens with one attached hydrogen (secondary N) is 1. The number of hydrogen-bond donors (Lipinski definition) is 1. The Labute approximate surface area is 125 Å². The summed E-state index contributed by atoms with van der Waals surface area (Å²) in [6.07, 6.45) is 2.77. The largest absolute Gasteiger partial charge is 0.493 e. The van der Waals surface area contributed by atoms with Crippen LogP contribution in [0.25, 0.3) is 0 Å². The van der Waals surface area contributed by atoms with Crippen molar-refractivity contribution in [2.24, 2.45) is 5.92 Å². The predicted molar refractivity (Wildman–Crippen MR) is 84.3 cm³/mol. The highest BCUT2D eigenvalue weighted by molar-refractivity contribution is 7.09. The zero-order valence-electron chi connectivity index (χ0n) is 12.1. The van der Waals surface area contributed by atoms with Gasteiger partial charge in [0, 0.05) is 30.1 Å². The Hall–Kier alpha value is -1.39. The zero-order valence-corrected chi connectivity index (χ0v) is 13.0. The smallest absolute Gasteiger partial charge is 0.122 e. The van der Waals surface area contributed by atoms with E-state index in [2.05, 4.69) is 41.7 Å². The fourth-order valence-corrected chi connectivity index (χ4v) is 2.55. The molecule has 3 nitrogen and oxygen atoms in total. The summed E-state index contributed by atoms with van der Waals surface area (Å²) >= 11 is 1.77. The van der Waals surface area contributed by atoms with Gasteiger partial charge in [0.25, 0.3) is 0 Å². The van der Waals surface area contributed by atoms with Crippen molar-refractivity contribution in [2.45, 2.75) is 26.8 Å². The molecule has 0 fully saturated rings. The third-order valence-electron chi connectivity index (χ3n) is 2.84. The van der Waals surface area contributed by atoms with Gasteiger partial charge in [0.15, 0.2) is 0 Å². The lowest BCUT2D eigenvalue weighted by Crippen LogP contribution is -2.19. The number of pyridine rings is 1. The Kier molecular flexibility index (Phi) is 6.02. The van der Waals surface area contributed by atoms with E-state index < -0.39 is 0 Å². The Morgan fingerprint density at radius 2 is 2.25 bits per heavy atom. The summed E-state index contributed by atoms with van der Waals surface area (Å²) in [6.45, 7) is 6.91. The van der Waals surface area contributed by atoms with Crippen LogP contribution < -0.4 is 10.1 Å². The lowest BCUT2D eigenvalue weighted by atomic mass is 10.2. The maximum Gasteiger partial charge on any atom is 0.122 e. The van der Waals surface area contributed by atoms with Crippen molar-refractivity contribution in [3.8, 4) is 5.75 Å². The van der Waals surface area contributed by atoms with Crippen LogP contribution in [0.2, 0.25) is 0 Å². The van der Waals surface area contributed by atoms with E-state index in [4.69, 9.17) is 4.74 Å². The van der Waals surface area contributed by atoms with Crippen molar-refractivity contribution in [1.82, 2.24) is 10.3 Å². The molecule has 0 unspecified atom stereocenters. The van der Waals surface area contributed by atoms with Gasteiger partial charge in [0.05, 0.1) is 12.3 Å². The molecule has 108 valence electrons. The van der Waals surface area contributed by atoms with Crippen molar-refractivity contribution < 1.29 is 4.74 Å². The molecule has 2 heterocycles. The lowest BCUT2D eigenvalue weighted by molar-refractivity contribution is 0.322. The van der Waals surface area contributed by atoms with Gasteiger partial charge >= 0.3 is 0 Å². The molecule has 2 aromatic heterocycles. The van der Waals surface area contributed by atoms with Gasteiger partial charge in [-0.05, 0) is 30.0 Å². The molecule has 0 amide bonds. The molecular weight excluding hydrogens is 268 g/mol. The van der Waals surface area contributed by atoms with Gasteiger partial charge in [-0.25, -0.2) is 0 Å². The third kappa shape index (κ3) is 5.31. The molecule has 2 aromatic rings. The Balaban J connectivity index is 1.77. The first-order valence-electron chi connectivity index (χ1n) is 7.05. The number of nitrogens with zero attached hydrogens (tertiary/aromatic N) is 1. The van der Waals surface area contributed by atoms with Gasteiger partial charge in [-0.1, -0.05) is 19.9 Å². The second kappa shape index (κ2) is 8.02. The van der Waals surface area contributed by atoms with Crippen LogP contribution in [-0.4, -0.2) is 18.1 Å². The number of ether oxygens (including phenoxy) is 1. The van der Waals surface area contributed by atoms with E-state index in [9.17, 15) is 0 Å². The van der Waals surface area contributed by atoms with Gasteiger partial charge in [0.2, 0.25) is 0 Å². The van der Waals surface area contributed by atoms with Crippen LogP contribution in [-0.2, 0) is 13.0 Å². The number of rotatable bonds is 8. The second-order valence-corrected chi connectivity index (χ2v) is 6.22. The van der Waals surface area contributed by atoms with Crippen LogP contribution >= 0.6 is 11.3 Å². The van der Waals surface area contributed by atoms with Crippen LogP contribution in [0.1, 0.15) is 24.4 Å². The summed E-state index contributed by atoms with van der Waals surface area (Å²) in [5.41, 5.74) is 1.03. The Morgan fingerprint density at radius 1 is 1.35 bits per heavy atom. The van der Waals surface area contributed by atoms with Crippen LogP contribution in [0, 0.1) is 5.92 Å². The molecule has 1 N–H and O–H groups in total. The Bertz CT molecular complexity index is 497. The SMILES string of the molecule is CC(C)CNCc1cc(OCCc2cccs2)ccn1. The van der Waals surface area contributed by atoms with Gasteiger partial charge in [-0.15, -0.1) is 11.3 Å². The number of hydrogen-bond acceptors (Lipinski definition) is 4. The normalized spacial score (nSPS) is 10.9. The van der Waals surface area contributed by atoms with Gasteiger partial charge in [-0.3, -0.25) is 4.98 Å². The van der Waals surface area contributed by atoms with Crippen LogP contribution in [0.3, 0.4) is 0 Å². The number of thiophene rings is 1.